The van der Waals surface area contributed by atoms with Crippen LogP contribution in [0.5, 0.6) is 0 Å². The maximum Gasteiger partial charge on any atom is 0.433 e. The van der Waals surface area contributed by atoms with Crippen LogP contribution in [-0.4, -0.2) is 126 Å². The summed E-state index contributed by atoms with van der Waals surface area (Å²) in [5, 5.41) is 4.74. The summed E-state index contributed by atoms with van der Waals surface area (Å²) < 4.78 is 47.5. The zero-order valence-electron chi connectivity index (χ0n) is 26.1. The van der Waals surface area contributed by atoms with Gasteiger partial charge in [-0.15, -0.1) is 11.8 Å². The van der Waals surface area contributed by atoms with Gasteiger partial charge in [-0.25, -0.2) is 19.6 Å². The number of aromatic amines is 1. The molecule has 2 amide bonds. The first kappa shape index (κ1) is 35.7. The number of anilines is 2. The molecular weight excluding hydrogens is 643 g/mol. The van der Waals surface area contributed by atoms with Crippen LogP contribution in [0.25, 0.3) is 11.0 Å². The van der Waals surface area contributed by atoms with Gasteiger partial charge < -0.3 is 29.6 Å². The molecule has 0 unspecified atom stereocenters. The number of halogens is 3. The standard InChI is InChI=1S/C29H38F3N9O5S/c1-38-7-10-40(11-8-38)12-9-39(2)23-5-4-20(17-34-23)18-41-21-16-22(29(30,31)32)35-26(25(21)36-27(41)44)37-28(45)46-14-15-47-19-24(43)33-6-3-13-42/h4-5,13,16-17H,3,6-12,14-15,18-19H2,1-2H3,(H,33,43)(H,36,44)(H,35,37,45). The number of aromatic nitrogens is 4. The molecule has 3 aromatic heterocycles. The molecule has 0 spiro atoms. The zero-order valence-corrected chi connectivity index (χ0v) is 27.0. The first-order valence-corrected chi connectivity index (χ1v) is 16.1. The summed E-state index contributed by atoms with van der Waals surface area (Å²) in [5.74, 6) is 0.208. The Kier molecular flexibility index (Phi) is 12.6. The van der Waals surface area contributed by atoms with Crippen LogP contribution in [0.4, 0.5) is 29.6 Å². The highest BCUT2D eigenvalue weighted by Crippen LogP contribution is 2.32. The largest absolute Gasteiger partial charge is 0.448 e. The number of H-pyrrole nitrogens is 1. The molecule has 1 aliphatic rings. The number of carbonyl (C=O) groups is 3. The fourth-order valence-corrected chi connectivity index (χ4v) is 5.39. The van der Waals surface area contributed by atoms with Gasteiger partial charge in [-0.1, -0.05) is 6.07 Å². The Morgan fingerprint density at radius 3 is 2.66 bits per heavy atom. The van der Waals surface area contributed by atoms with Gasteiger partial charge >= 0.3 is 18.0 Å². The van der Waals surface area contributed by atoms with E-state index in [0.717, 1.165) is 67.5 Å². The fourth-order valence-electron chi connectivity index (χ4n) is 4.75. The van der Waals surface area contributed by atoms with Crippen molar-refractivity contribution in [2.24, 2.45) is 0 Å². The number of pyridine rings is 2. The van der Waals surface area contributed by atoms with Crippen molar-refractivity contribution in [3.05, 3.63) is 46.1 Å². The van der Waals surface area contributed by atoms with Crippen molar-refractivity contribution in [2.45, 2.75) is 19.1 Å². The normalized spacial score (nSPS) is 14.2. The number of piperazine rings is 1. The van der Waals surface area contributed by atoms with E-state index in [-0.39, 0.29) is 54.6 Å². The first-order chi connectivity index (χ1) is 22.4. The number of hydrogen-bond donors (Lipinski definition) is 3. The Bertz CT molecular complexity index is 1570. The van der Waals surface area contributed by atoms with E-state index in [2.05, 4.69) is 42.4 Å². The van der Waals surface area contributed by atoms with Crippen molar-refractivity contribution in [2.75, 3.05) is 88.2 Å². The minimum Gasteiger partial charge on any atom is -0.448 e. The van der Waals surface area contributed by atoms with Crippen LogP contribution in [0.2, 0.25) is 0 Å². The molecule has 0 atom stereocenters. The Morgan fingerprint density at radius 2 is 1.98 bits per heavy atom. The SMILES string of the molecule is CN1CCN(CCN(C)c2ccc(Cn3c(=O)[nH]c4c(NC(=O)OCCSCC(=O)NCCC=O)nc(C(F)(F)F)cc43)cn2)CC1. The molecule has 256 valence electrons. The highest BCUT2D eigenvalue weighted by molar-refractivity contribution is 7.99. The minimum atomic E-state index is -4.87. The average Bonchev–Trinajstić information content (AvgIpc) is 3.35. The third-order valence-electron chi connectivity index (χ3n) is 7.44. The first-order valence-electron chi connectivity index (χ1n) is 14.9. The molecule has 0 radical (unpaired) electrons. The third-order valence-corrected chi connectivity index (χ3v) is 8.37. The second-order valence-electron chi connectivity index (χ2n) is 11.0. The molecule has 14 nitrogen and oxygen atoms in total. The van der Waals surface area contributed by atoms with E-state index in [0.29, 0.717) is 11.8 Å². The van der Waals surface area contributed by atoms with Crippen molar-refractivity contribution in [3.63, 3.8) is 0 Å². The van der Waals surface area contributed by atoms with Crippen LogP contribution in [0.1, 0.15) is 17.7 Å². The van der Waals surface area contributed by atoms with E-state index in [1.54, 1.807) is 18.3 Å². The summed E-state index contributed by atoms with van der Waals surface area (Å²) >= 11 is 1.16. The smallest absolute Gasteiger partial charge is 0.433 e. The second-order valence-corrected chi connectivity index (χ2v) is 12.1. The van der Waals surface area contributed by atoms with E-state index in [1.165, 1.54) is 0 Å². The van der Waals surface area contributed by atoms with Crippen LogP contribution in [0.15, 0.2) is 29.2 Å². The van der Waals surface area contributed by atoms with E-state index >= 15 is 0 Å². The zero-order chi connectivity index (χ0) is 34.0. The number of imidazole rings is 1. The summed E-state index contributed by atoms with van der Waals surface area (Å²) in [6.45, 7) is 5.72. The highest BCUT2D eigenvalue weighted by atomic mass is 32.2. The van der Waals surface area contributed by atoms with Crippen LogP contribution >= 0.6 is 11.8 Å². The van der Waals surface area contributed by atoms with E-state index in [4.69, 9.17) is 4.74 Å². The van der Waals surface area contributed by atoms with Gasteiger partial charge in [-0.3, -0.25) is 19.6 Å². The molecule has 1 aliphatic heterocycles. The molecule has 0 bridgehead atoms. The molecule has 0 aliphatic carbocycles. The highest BCUT2D eigenvalue weighted by Gasteiger charge is 2.34. The lowest BCUT2D eigenvalue weighted by atomic mass is 10.2. The van der Waals surface area contributed by atoms with Crippen LogP contribution in [-0.2, 0) is 27.0 Å². The lowest BCUT2D eigenvalue weighted by molar-refractivity contribution is -0.141. The molecule has 0 saturated carbocycles. The third kappa shape index (κ3) is 10.4. The van der Waals surface area contributed by atoms with Gasteiger partial charge in [0.2, 0.25) is 5.91 Å². The molecule has 1 saturated heterocycles. The number of rotatable bonds is 15. The van der Waals surface area contributed by atoms with E-state index < -0.39 is 29.5 Å². The van der Waals surface area contributed by atoms with E-state index in [9.17, 15) is 32.3 Å². The van der Waals surface area contributed by atoms with Crippen LogP contribution < -0.4 is 21.2 Å². The lowest BCUT2D eigenvalue weighted by Crippen LogP contribution is -2.46. The topological polar surface area (TPSA) is 158 Å². The molecule has 4 heterocycles. The van der Waals surface area contributed by atoms with Crippen molar-refractivity contribution in [3.8, 4) is 0 Å². The lowest BCUT2D eigenvalue weighted by Gasteiger charge is -2.33. The van der Waals surface area contributed by atoms with Gasteiger partial charge in [-0.05, 0) is 24.7 Å². The maximum absolute atomic E-state index is 13.8. The molecule has 3 N–H and O–H groups in total. The quantitative estimate of drug-likeness (QED) is 0.159. The number of aldehydes is 1. The predicted molar refractivity (Wildman–Crippen MR) is 172 cm³/mol. The van der Waals surface area contributed by atoms with Crippen molar-refractivity contribution >= 4 is 52.7 Å². The molecule has 0 aromatic carbocycles. The monoisotopic (exact) mass is 681 g/mol. The minimum absolute atomic E-state index is 0.0697. The number of hydrogen-bond acceptors (Lipinski definition) is 11. The number of nitrogens with zero attached hydrogens (tertiary/aromatic N) is 6. The van der Waals surface area contributed by atoms with Crippen LogP contribution in [0, 0.1) is 0 Å². The summed E-state index contributed by atoms with van der Waals surface area (Å²) in [4.78, 5) is 64.5. The Labute approximate surface area is 273 Å². The Hall–Kier alpha value is -4.16. The van der Waals surface area contributed by atoms with Gasteiger partial charge in [0, 0.05) is 71.2 Å². The summed E-state index contributed by atoms with van der Waals surface area (Å²) in [7, 11) is 4.04. The average molecular weight is 682 g/mol. The van der Waals surface area contributed by atoms with Gasteiger partial charge in [0.05, 0.1) is 17.8 Å². The Morgan fingerprint density at radius 1 is 1.21 bits per heavy atom. The van der Waals surface area contributed by atoms with Crippen molar-refractivity contribution < 1.29 is 32.3 Å². The molecule has 1 fully saturated rings. The van der Waals surface area contributed by atoms with Gasteiger partial charge in [-0.2, -0.15) is 13.2 Å². The second kappa shape index (κ2) is 16.6. The predicted octanol–water partition coefficient (Wildman–Crippen LogP) is 1.86. The number of nitrogens with one attached hydrogen (secondary N) is 3. The van der Waals surface area contributed by atoms with E-state index in [1.807, 2.05) is 11.9 Å². The summed E-state index contributed by atoms with van der Waals surface area (Å²) in [6, 6.07) is 4.30. The number of likely N-dealkylation sites (N-methyl/N-ethyl adjacent to an activating group) is 2. The van der Waals surface area contributed by atoms with Gasteiger partial charge in [0.1, 0.15) is 29.9 Å². The number of thioether (sulfide) groups is 1. The number of amides is 2. The molecular formula is C29H38F3N9O5S. The Balaban J connectivity index is 1.40. The number of fused-ring (bicyclic) bond motifs is 1. The van der Waals surface area contributed by atoms with Crippen molar-refractivity contribution in [1.29, 1.82) is 0 Å². The molecule has 47 heavy (non-hydrogen) atoms. The number of alkyl halides is 3. The summed E-state index contributed by atoms with van der Waals surface area (Å²) in [6.07, 6.45) is -3.50. The number of carbonyl (C=O) groups excluding carboxylic acids is 3. The van der Waals surface area contributed by atoms with Crippen LogP contribution in [0.3, 0.4) is 0 Å². The number of ether oxygens (including phenoxy) is 1. The molecule has 4 rings (SSSR count). The van der Waals surface area contributed by atoms with Gasteiger partial charge in [0.25, 0.3) is 0 Å². The summed E-state index contributed by atoms with van der Waals surface area (Å²) in [5.41, 5.74) is -1.64. The fraction of sp³-hybridized carbons (Fsp3) is 0.517. The maximum atomic E-state index is 13.8. The molecule has 3 aromatic rings. The molecule has 18 heteroatoms. The van der Waals surface area contributed by atoms with Crippen molar-refractivity contribution in [1.82, 2.24) is 34.6 Å². The van der Waals surface area contributed by atoms with Gasteiger partial charge in [0.15, 0.2) is 5.82 Å².